The molecule has 1 saturated heterocycles. The molecule has 0 aliphatic carbocycles. The van der Waals surface area contributed by atoms with Crippen LogP contribution in [-0.4, -0.2) is 29.5 Å². The first kappa shape index (κ1) is 19.5. The number of carbonyl (C=O) groups is 2. The summed E-state index contributed by atoms with van der Waals surface area (Å²) in [6.45, 7) is 2.66. The Morgan fingerprint density at radius 1 is 1.15 bits per heavy atom. The quantitative estimate of drug-likeness (QED) is 0.728. The molecule has 2 atom stereocenters. The minimum Gasteiger partial charge on any atom is -0.459 e. The Kier molecular flexibility index (Phi) is 6.24. The van der Waals surface area contributed by atoms with Gasteiger partial charge in [0, 0.05) is 22.3 Å². The maximum Gasteiger partial charge on any atom is 0.329 e. The second kappa shape index (κ2) is 8.63. The third-order valence-electron chi connectivity index (χ3n) is 4.38. The fraction of sp³-hybridized carbons (Fsp3) is 0.300. The predicted molar refractivity (Wildman–Crippen MR) is 106 cm³/mol. The van der Waals surface area contributed by atoms with Gasteiger partial charge in [-0.1, -0.05) is 60.5 Å². The van der Waals surface area contributed by atoms with Crippen LogP contribution in [0.3, 0.4) is 0 Å². The summed E-state index contributed by atoms with van der Waals surface area (Å²) in [6, 6.07) is 13.3. The van der Waals surface area contributed by atoms with Crippen LogP contribution in [0.5, 0.6) is 0 Å². The summed E-state index contributed by atoms with van der Waals surface area (Å²) in [4.78, 5) is 26.8. The lowest BCUT2D eigenvalue weighted by Crippen LogP contribution is -2.43. The molecule has 27 heavy (non-hydrogen) atoms. The fourth-order valence-corrected chi connectivity index (χ4v) is 3.67. The maximum atomic E-state index is 12.7. The van der Waals surface area contributed by atoms with E-state index in [1.807, 2.05) is 37.3 Å². The Morgan fingerprint density at radius 2 is 1.81 bits per heavy atom. The minimum absolute atomic E-state index is 0.184. The lowest BCUT2D eigenvalue weighted by Gasteiger charge is -2.23. The Hall–Kier alpha value is -2.24. The van der Waals surface area contributed by atoms with Crippen LogP contribution < -0.4 is 5.32 Å². The van der Waals surface area contributed by atoms with Crippen LogP contribution in [-0.2, 0) is 16.1 Å². The number of anilines is 1. The third-order valence-corrected chi connectivity index (χ3v) is 4.82. The largest absolute Gasteiger partial charge is 0.459 e. The first-order valence-corrected chi connectivity index (χ1v) is 9.42. The highest BCUT2D eigenvalue weighted by Gasteiger charge is 2.39. The lowest BCUT2D eigenvalue weighted by atomic mass is 10.1. The number of nitrogens with one attached hydrogen (secondary N) is 1. The average Bonchev–Trinajstić information content (AvgIpc) is 3.02. The van der Waals surface area contributed by atoms with Gasteiger partial charge < -0.3 is 15.0 Å². The van der Waals surface area contributed by atoms with Crippen molar-refractivity contribution in [1.29, 1.82) is 0 Å². The number of halogens is 2. The van der Waals surface area contributed by atoms with Crippen molar-refractivity contribution in [2.24, 2.45) is 5.92 Å². The number of benzene rings is 2. The van der Waals surface area contributed by atoms with Gasteiger partial charge in [0.15, 0.2) is 0 Å². The summed E-state index contributed by atoms with van der Waals surface area (Å²) in [7, 11) is 0. The first-order chi connectivity index (χ1) is 12.9. The number of esters is 1. The molecule has 1 heterocycles. The summed E-state index contributed by atoms with van der Waals surface area (Å²) >= 11 is 11.9. The minimum atomic E-state index is -0.613. The van der Waals surface area contributed by atoms with Gasteiger partial charge in [-0.3, -0.25) is 0 Å². The van der Waals surface area contributed by atoms with Crippen molar-refractivity contribution in [3.8, 4) is 0 Å². The molecule has 2 amide bonds. The van der Waals surface area contributed by atoms with Crippen molar-refractivity contribution in [1.82, 2.24) is 4.90 Å². The predicted octanol–water partition coefficient (Wildman–Crippen LogP) is 4.98. The van der Waals surface area contributed by atoms with E-state index < -0.39 is 12.0 Å². The number of likely N-dealkylation sites (tertiary alicyclic amines) is 1. The monoisotopic (exact) mass is 406 g/mol. The number of amides is 2. The van der Waals surface area contributed by atoms with Gasteiger partial charge in [0.2, 0.25) is 0 Å². The molecule has 5 nitrogen and oxygen atoms in total. The summed E-state index contributed by atoms with van der Waals surface area (Å²) in [5.41, 5.74) is 1.38. The van der Waals surface area contributed by atoms with Crippen molar-refractivity contribution >= 4 is 40.9 Å². The molecule has 1 N–H and O–H groups in total. The number of carbonyl (C=O) groups excluding carboxylic acids is 2. The van der Waals surface area contributed by atoms with Gasteiger partial charge in [-0.25, -0.2) is 9.59 Å². The summed E-state index contributed by atoms with van der Waals surface area (Å²) in [5, 5.41) is 3.60. The molecule has 3 rings (SSSR count). The van der Waals surface area contributed by atoms with Gasteiger partial charge in [-0.15, -0.1) is 0 Å². The number of urea groups is 1. The zero-order valence-electron chi connectivity index (χ0n) is 14.8. The first-order valence-electron chi connectivity index (χ1n) is 8.66. The average molecular weight is 407 g/mol. The SMILES string of the molecule is C[C@@H]1C[C@@H](C(=O)OCc2ccccc2)N(C(=O)Nc2cc(Cl)cc(Cl)c2)C1. The van der Waals surface area contributed by atoms with E-state index in [4.69, 9.17) is 27.9 Å². The van der Waals surface area contributed by atoms with Crippen LogP contribution in [0.25, 0.3) is 0 Å². The van der Waals surface area contributed by atoms with E-state index in [-0.39, 0.29) is 18.6 Å². The van der Waals surface area contributed by atoms with Crippen molar-refractivity contribution in [2.45, 2.75) is 26.0 Å². The van der Waals surface area contributed by atoms with Crippen LogP contribution in [0.4, 0.5) is 10.5 Å². The van der Waals surface area contributed by atoms with Crippen molar-refractivity contribution in [2.75, 3.05) is 11.9 Å². The molecule has 1 aliphatic rings. The molecule has 2 aromatic carbocycles. The van der Waals surface area contributed by atoms with Crippen molar-refractivity contribution in [3.63, 3.8) is 0 Å². The van der Waals surface area contributed by atoms with Crippen molar-refractivity contribution < 1.29 is 14.3 Å². The highest BCUT2D eigenvalue weighted by atomic mass is 35.5. The summed E-state index contributed by atoms with van der Waals surface area (Å²) in [5.74, 6) is -0.199. The maximum absolute atomic E-state index is 12.7. The van der Waals surface area contributed by atoms with Gasteiger partial charge in [-0.2, -0.15) is 0 Å². The molecule has 1 aliphatic heterocycles. The smallest absolute Gasteiger partial charge is 0.329 e. The van der Waals surface area contributed by atoms with Crippen LogP contribution in [0.15, 0.2) is 48.5 Å². The zero-order chi connectivity index (χ0) is 19.4. The van der Waals surface area contributed by atoms with E-state index in [9.17, 15) is 9.59 Å². The van der Waals surface area contributed by atoms with E-state index in [1.54, 1.807) is 18.2 Å². The molecule has 1 fully saturated rings. The fourth-order valence-electron chi connectivity index (χ4n) is 3.14. The molecule has 0 aromatic heterocycles. The molecular weight excluding hydrogens is 387 g/mol. The Balaban J connectivity index is 1.65. The van der Waals surface area contributed by atoms with Crippen LogP contribution in [0.1, 0.15) is 18.9 Å². The van der Waals surface area contributed by atoms with E-state index in [0.717, 1.165) is 5.56 Å². The molecule has 0 radical (unpaired) electrons. The Bertz CT molecular complexity index is 809. The number of nitrogens with zero attached hydrogens (tertiary/aromatic N) is 1. The number of ether oxygens (including phenoxy) is 1. The highest BCUT2D eigenvalue weighted by molar-refractivity contribution is 6.35. The molecule has 0 spiro atoms. The van der Waals surface area contributed by atoms with Gasteiger partial charge in [0.1, 0.15) is 12.6 Å². The third kappa shape index (κ3) is 5.15. The van der Waals surface area contributed by atoms with Gasteiger partial charge in [0.25, 0.3) is 0 Å². The molecule has 2 aromatic rings. The molecule has 0 unspecified atom stereocenters. The lowest BCUT2D eigenvalue weighted by molar-refractivity contribution is -0.149. The number of hydrogen-bond acceptors (Lipinski definition) is 3. The van der Waals surface area contributed by atoms with E-state index in [2.05, 4.69) is 5.32 Å². The molecule has 0 bridgehead atoms. The summed E-state index contributed by atoms with van der Waals surface area (Å²) in [6.07, 6.45) is 0.567. The standard InChI is InChI=1S/C20H20Cl2N2O3/c1-13-7-18(19(25)27-12-14-5-3-2-4-6-14)24(11-13)20(26)23-17-9-15(21)8-16(22)10-17/h2-6,8-10,13,18H,7,11-12H2,1H3,(H,23,26)/t13-,18+/m1/s1. The van der Waals surface area contributed by atoms with E-state index >= 15 is 0 Å². The molecule has 142 valence electrons. The topological polar surface area (TPSA) is 58.6 Å². The molecule has 7 heteroatoms. The molecular formula is C20H20Cl2N2O3. The number of rotatable bonds is 4. The van der Waals surface area contributed by atoms with Crippen LogP contribution in [0, 0.1) is 5.92 Å². The number of hydrogen-bond donors (Lipinski definition) is 1. The molecule has 0 saturated carbocycles. The highest BCUT2D eigenvalue weighted by Crippen LogP contribution is 2.27. The van der Waals surface area contributed by atoms with E-state index in [0.29, 0.717) is 28.7 Å². The van der Waals surface area contributed by atoms with Gasteiger partial charge >= 0.3 is 12.0 Å². The Labute approximate surface area is 168 Å². The zero-order valence-corrected chi connectivity index (χ0v) is 16.3. The van der Waals surface area contributed by atoms with Gasteiger partial charge in [0.05, 0.1) is 0 Å². The van der Waals surface area contributed by atoms with Gasteiger partial charge in [-0.05, 0) is 36.1 Å². The van der Waals surface area contributed by atoms with Crippen molar-refractivity contribution in [3.05, 3.63) is 64.1 Å². The second-order valence-electron chi connectivity index (χ2n) is 6.69. The van der Waals surface area contributed by atoms with E-state index in [1.165, 1.54) is 4.90 Å². The Morgan fingerprint density at radius 3 is 2.48 bits per heavy atom. The van der Waals surface area contributed by atoms with Crippen LogP contribution in [0.2, 0.25) is 10.0 Å². The summed E-state index contributed by atoms with van der Waals surface area (Å²) < 4.78 is 5.43. The van der Waals surface area contributed by atoms with Crippen LogP contribution >= 0.6 is 23.2 Å². The normalized spacial score (nSPS) is 19.0. The second-order valence-corrected chi connectivity index (χ2v) is 7.56.